The number of nitrogens with one attached hydrogen (secondary N) is 1. The number of imidazole rings is 1. The minimum absolute atomic E-state index is 0.0396. The molecule has 0 saturated carbocycles. The first-order valence-corrected chi connectivity index (χ1v) is 9.97. The van der Waals surface area contributed by atoms with Gasteiger partial charge < -0.3 is 9.88 Å². The normalized spacial score (nSPS) is 12.0. The molecule has 6 nitrogen and oxygen atoms in total. The van der Waals surface area contributed by atoms with Crippen LogP contribution in [0.3, 0.4) is 0 Å². The number of carbonyl (C=O) groups is 1. The molecule has 0 radical (unpaired) electrons. The second-order valence-corrected chi connectivity index (χ2v) is 8.23. The predicted molar refractivity (Wildman–Crippen MR) is 99.1 cm³/mol. The Labute approximate surface area is 169 Å². The second-order valence-electron chi connectivity index (χ2n) is 6.29. The molecule has 1 N–H and O–H groups in total. The Morgan fingerprint density at radius 1 is 1.13 bits per heavy atom. The number of carbonyl (C=O) groups excluding carboxylic acids is 1. The smallest absolute Gasteiger partial charge is 0.348 e. The van der Waals surface area contributed by atoms with Crippen molar-refractivity contribution in [3.05, 3.63) is 77.6 Å². The number of hydrogen-bond donors (Lipinski definition) is 1. The van der Waals surface area contributed by atoms with E-state index in [9.17, 15) is 30.8 Å². The number of benzene rings is 2. The molecule has 3 aromatic rings. The highest BCUT2D eigenvalue weighted by molar-refractivity contribution is 7.92. The summed E-state index contributed by atoms with van der Waals surface area (Å²) < 4.78 is 76.3. The van der Waals surface area contributed by atoms with E-state index in [1.54, 1.807) is 23.8 Å². The van der Waals surface area contributed by atoms with Crippen molar-refractivity contribution in [2.45, 2.75) is 23.9 Å². The maximum Gasteiger partial charge on any atom is 0.501 e. The van der Waals surface area contributed by atoms with Gasteiger partial charge in [-0.15, -0.1) is 0 Å². The van der Waals surface area contributed by atoms with Gasteiger partial charge in [-0.05, 0) is 48.9 Å². The highest BCUT2D eigenvalue weighted by Crippen LogP contribution is 2.30. The molecular weight excluding hydrogens is 426 g/mol. The second kappa shape index (κ2) is 7.90. The van der Waals surface area contributed by atoms with Crippen molar-refractivity contribution in [1.29, 1.82) is 0 Å². The lowest BCUT2D eigenvalue weighted by Crippen LogP contribution is -2.24. The summed E-state index contributed by atoms with van der Waals surface area (Å²) in [5.41, 5.74) is -4.72. The van der Waals surface area contributed by atoms with E-state index in [1.165, 1.54) is 18.3 Å². The van der Waals surface area contributed by atoms with Crippen LogP contribution in [0.5, 0.6) is 0 Å². The van der Waals surface area contributed by atoms with E-state index in [1.807, 2.05) is 0 Å². The molecule has 30 heavy (non-hydrogen) atoms. The SMILES string of the molecule is Cc1nccn1-c1ccc(CNC(=O)c2ccc(S(=O)(=O)C(F)(F)F)cc2)cc1F. The van der Waals surface area contributed by atoms with E-state index in [2.05, 4.69) is 10.3 Å². The summed E-state index contributed by atoms with van der Waals surface area (Å²) in [6.45, 7) is 1.68. The van der Waals surface area contributed by atoms with Gasteiger partial charge in [0.25, 0.3) is 15.7 Å². The van der Waals surface area contributed by atoms with E-state index in [4.69, 9.17) is 0 Å². The first-order chi connectivity index (χ1) is 14.0. The largest absolute Gasteiger partial charge is 0.501 e. The fraction of sp³-hybridized carbons (Fsp3) is 0.158. The zero-order chi connectivity index (χ0) is 22.1. The van der Waals surface area contributed by atoms with Crippen LogP contribution in [0.4, 0.5) is 17.6 Å². The molecule has 0 fully saturated rings. The zero-order valence-corrected chi connectivity index (χ0v) is 16.3. The van der Waals surface area contributed by atoms with Crippen molar-refractivity contribution in [3.8, 4) is 5.69 Å². The van der Waals surface area contributed by atoms with Gasteiger partial charge >= 0.3 is 5.51 Å². The Morgan fingerprint density at radius 3 is 2.33 bits per heavy atom. The number of aryl methyl sites for hydroxylation is 1. The Hall–Kier alpha value is -3.21. The molecule has 0 atom stereocenters. The molecule has 0 bridgehead atoms. The first kappa shape index (κ1) is 21.5. The molecule has 2 aromatic carbocycles. The molecule has 3 rings (SSSR count). The van der Waals surface area contributed by atoms with Gasteiger partial charge in [-0.2, -0.15) is 13.2 Å². The minimum Gasteiger partial charge on any atom is -0.348 e. The fourth-order valence-corrected chi connectivity index (χ4v) is 3.45. The Morgan fingerprint density at radius 2 is 1.80 bits per heavy atom. The molecule has 0 saturated heterocycles. The number of rotatable bonds is 5. The van der Waals surface area contributed by atoms with Gasteiger partial charge in [-0.1, -0.05) is 6.07 Å². The molecule has 1 amide bonds. The summed E-state index contributed by atoms with van der Waals surface area (Å²) in [5, 5.41) is 2.50. The molecule has 0 spiro atoms. The lowest BCUT2D eigenvalue weighted by atomic mass is 10.1. The predicted octanol–water partition coefficient (Wildman–Crippen LogP) is 3.54. The van der Waals surface area contributed by atoms with Crippen LogP contribution in [0.25, 0.3) is 5.69 Å². The minimum atomic E-state index is -5.48. The molecule has 1 aromatic heterocycles. The van der Waals surface area contributed by atoms with Gasteiger partial charge in [0.1, 0.15) is 11.6 Å². The number of hydrogen-bond acceptors (Lipinski definition) is 4. The zero-order valence-electron chi connectivity index (χ0n) is 15.4. The lowest BCUT2D eigenvalue weighted by molar-refractivity contribution is -0.0436. The van der Waals surface area contributed by atoms with Crippen LogP contribution in [0.1, 0.15) is 21.7 Å². The first-order valence-electron chi connectivity index (χ1n) is 8.49. The topological polar surface area (TPSA) is 81.1 Å². The van der Waals surface area contributed by atoms with Crippen LogP contribution < -0.4 is 5.32 Å². The fourth-order valence-electron chi connectivity index (χ4n) is 2.69. The maximum atomic E-state index is 14.4. The number of aromatic nitrogens is 2. The summed E-state index contributed by atoms with van der Waals surface area (Å²) in [5.74, 6) is -0.573. The molecule has 11 heteroatoms. The molecular formula is C19H15F4N3O3S. The number of amides is 1. The third-order valence-electron chi connectivity index (χ3n) is 4.28. The third kappa shape index (κ3) is 4.20. The monoisotopic (exact) mass is 441 g/mol. The Balaban J connectivity index is 1.69. The molecule has 158 valence electrons. The highest BCUT2D eigenvalue weighted by Gasteiger charge is 2.46. The molecule has 0 aliphatic rings. The summed E-state index contributed by atoms with van der Waals surface area (Å²) >= 11 is 0. The van der Waals surface area contributed by atoms with Gasteiger partial charge in [0.2, 0.25) is 0 Å². The van der Waals surface area contributed by atoms with Gasteiger partial charge in [0.15, 0.2) is 0 Å². The summed E-state index contributed by atoms with van der Waals surface area (Å²) in [6, 6.07) is 7.74. The number of nitrogens with zero attached hydrogens (tertiary/aromatic N) is 2. The van der Waals surface area contributed by atoms with Crippen molar-refractivity contribution < 1.29 is 30.8 Å². The van der Waals surface area contributed by atoms with E-state index in [0.717, 1.165) is 12.1 Å². The van der Waals surface area contributed by atoms with Crippen molar-refractivity contribution in [3.63, 3.8) is 0 Å². The van der Waals surface area contributed by atoms with Crippen molar-refractivity contribution in [1.82, 2.24) is 14.9 Å². The summed E-state index contributed by atoms with van der Waals surface area (Å²) in [4.78, 5) is 15.2. The molecule has 0 aliphatic carbocycles. The standard InChI is InChI=1S/C19H15F4N3O3S/c1-12-24-8-9-26(12)17-7-2-13(10-16(17)20)11-25-18(27)14-3-5-15(6-4-14)30(28,29)19(21,22)23/h2-10H,11H2,1H3,(H,25,27). The Kier molecular flexibility index (Phi) is 5.66. The number of alkyl halides is 3. The number of sulfone groups is 1. The Bertz CT molecular complexity index is 1190. The van der Waals surface area contributed by atoms with Gasteiger partial charge in [-0.25, -0.2) is 17.8 Å². The maximum absolute atomic E-state index is 14.4. The van der Waals surface area contributed by atoms with Crippen LogP contribution in [0, 0.1) is 12.7 Å². The van der Waals surface area contributed by atoms with E-state index >= 15 is 0 Å². The summed E-state index contributed by atoms with van der Waals surface area (Å²) in [6.07, 6.45) is 3.14. The average molecular weight is 441 g/mol. The van der Waals surface area contributed by atoms with E-state index in [-0.39, 0.29) is 12.1 Å². The highest BCUT2D eigenvalue weighted by atomic mass is 32.2. The van der Waals surface area contributed by atoms with Gasteiger partial charge in [0, 0.05) is 24.5 Å². The van der Waals surface area contributed by atoms with Crippen molar-refractivity contribution in [2.24, 2.45) is 0 Å². The number of halogens is 4. The van der Waals surface area contributed by atoms with Crippen LogP contribution in [0.2, 0.25) is 0 Å². The van der Waals surface area contributed by atoms with Crippen LogP contribution in [-0.2, 0) is 16.4 Å². The van der Waals surface area contributed by atoms with Crippen LogP contribution in [0.15, 0.2) is 59.8 Å². The van der Waals surface area contributed by atoms with E-state index in [0.29, 0.717) is 29.2 Å². The van der Waals surface area contributed by atoms with Gasteiger partial charge in [0.05, 0.1) is 10.6 Å². The average Bonchev–Trinajstić information content (AvgIpc) is 3.11. The molecule has 1 heterocycles. The van der Waals surface area contributed by atoms with Gasteiger partial charge in [-0.3, -0.25) is 4.79 Å². The van der Waals surface area contributed by atoms with Crippen molar-refractivity contribution in [2.75, 3.05) is 0 Å². The van der Waals surface area contributed by atoms with E-state index < -0.39 is 32.0 Å². The quantitative estimate of drug-likeness (QED) is 0.614. The molecule has 0 unspecified atom stereocenters. The molecule has 0 aliphatic heterocycles. The van der Waals surface area contributed by atoms with Crippen molar-refractivity contribution >= 4 is 15.7 Å². The summed E-state index contributed by atoms with van der Waals surface area (Å²) in [7, 11) is -5.48. The van der Waals surface area contributed by atoms with Crippen LogP contribution >= 0.6 is 0 Å². The lowest BCUT2D eigenvalue weighted by Gasteiger charge is -2.10. The van der Waals surface area contributed by atoms with Crippen LogP contribution in [-0.4, -0.2) is 29.4 Å². The third-order valence-corrected chi connectivity index (χ3v) is 5.78.